The largest absolute Gasteiger partial charge is 0.454 e. The van der Waals surface area contributed by atoms with Crippen LogP contribution in [-0.4, -0.2) is 63.1 Å². The Kier molecular flexibility index (Phi) is 5.59. The minimum Gasteiger partial charge on any atom is -0.454 e. The van der Waals surface area contributed by atoms with Gasteiger partial charge in [-0.2, -0.15) is 0 Å². The Morgan fingerprint density at radius 3 is 2.49 bits per heavy atom. The monoisotopic (exact) mass is 505 g/mol. The Balaban J connectivity index is 1.42. The highest BCUT2D eigenvalue weighted by Crippen LogP contribution is 2.37. The molecule has 0 spiro atoms. The summed E-state index contributed by atoms with van der Waals surface area (Å²) in [6.07, 6.45) is 0. The van der Waals surface area contributed by atoms with Gasteiger partial charge in [-0.05, 0) is 55.5 Å². The lowest BCUT2D eigenvalue weighted by molar-refractivity contribution is 0.174. The van der Waals surface area contributed by atoms with Crippen LogP contribution >= 0.6 is 0 Å². The van der Waals surface area contributed by atoms with E-state index < -0.39 is 11.6 Å². The van der Waals surface area contributed by atoms with E-state index in [9.17, 15) is 9.18 Å². The van der Waals surface area contributed by atoms with Crippen LogP contribution in [0.5, 0.6) is 11.5 Å². The molecule has 1 atom stereocenters. The summed E-state index contributed by atoms with van der Waals surface area (Å²) >= 11 is 0. The summed E-state index contributed by atoms with van der Waals surface area (Å²) in [6, 6.07) is 11.8. The van der Waals surface area contributed by atoms with E-state index in [1.165, 1.54) is 6.07 Å². The summed E-state index contributed by atoms with van der Waals surface area (Å²) in [5.41, 5.74) is 1.15. The van der Waals surface area contributed by atoms with Crippen molar-refractivity contribution in [2.45, 2.75) is 32.4 Å². The number of halogens is 1. The number of tetrazole rings is 1. The molecule has 10 nitrogen and oxygen atoms in total. The second kappa shape index (κ2) is 8.84. The zero-order chi connectivity index (χ0) is 25.7. The van der Waals surface area contributed by atoms with Gasteiger partial charge >= 0.3 is 0 Å². The van der Waals surface area contributed by atoms with E-state index >= 15 is 0 Å². The third-order valence-electron chi connectivity index (χ3n) is 6.91. The van der Waals surface area contributed by atoms with Crippen molar-refractivity contribution in [2.24, 2.45) is 0 Å². The number of nitrogens with one attached hydrogen (secondary N) is 1. The average molecular weight is 506 g/mol. The molecule has 2 aromatic heterocycles. The van der Waals surface area contributed by atoms with E-state index in [0.717, 1.165) is 5.39 Å². The van der Waals surface area contributed by atoms with Gasteiger partial charge in [-0.15, -0.1) is 5.10 Å². The summed E-state index contributed by atoms with van der Waals surface area (Å²) in [5.74, 6) is 1.58. The van der Waals surface area contributed by atoms with Crippen LogP contribution in [0.2, 0.25) is 0 Å². The summed E-state index contributed by atoms with van der Waals surface area (Å²) in [5, 5.41) is 13.4. The van der Waals surface area contributed by atoms with E-state index in [0.29, 0.717) is 60.3 Å². The maximum absolute atomic E-state index is 14.4. The lowest BCUT2D eigenvalue weighted by Gasteiger charge is -2.40. The maximum Gasteiger partial charge on any atom is 0.253 e. The Morgan fingerprint density at radius 1 is 1.03 bits per heavy atom. The van der Waals surface area contributed by atoms with Crippen molar-refractivity contribution in [3.63, 3.8) is 0 Å². The topological polar surface area (TPSA) is 101 Å². The molecule has 4 heterocycles. The Labute approximate surface area is 212 Å². The number of hydrogen-bond donors (Lipinski definition) is 1. The van der Waals surface area contributed by atoms with Crippen LogP contribution in [0, 0.1) is 5.82 Å². The molecule has 2 aliphatic heterocycles. The first-order valence-electron chi connectivity index (χ1n) is 12.3. The number of anilines is 1. The number of benzene rings is 2. The zero-order valence-electron chi connectivity index (χ0n) is 20.9. The third kappa shape index (κ3) is 4.18. The summed E-state index contributed by atoms with van der Waals surface area (Å²) in [6.45, 7) is 8.58. The highest BCUT2D eigenvalue weighted by atomic mass is 19.1. The smallest absolute Gasteiger partial charge is 0.253 e. The third-order valence-corrected chi connectivity index (χ3v) is 6.91. The second-order valence-corrected chi connectivity index (χ2v) is 10.3. The van der Waals surface area contributed by atoms with E-state index in [-0.39, 0.29) is 18.2 Å². The number of aromatic nitrogens is 5. The minimum absolute atomic E-state index is 0.151. The van der Waals surface area contributed by atoms with Crippen LogP contribution in [0.4, 0.5) is 10.1 Å². The van der Waals surface area contributed by atoms with Crippen LogP contribution < -0.4 is 19.9 Å². The molecule has 1 saturated heterocycles. The molecule has 37 heavy (non-hydrogen) atoms. The molecule has 0 bridgehead atoms. The highest BCUT2D eigenvalue weighted by Gasteiger charge is 2.35. The zero-order valence-corrected chi connectivity index (χ0v) is 20.9. The Bertz CT molecular complexity index is 1520. The first kappa shape index (κ1) is 23.4. The Hall–Kier alpha value is -3.99. The van der Waals surface area contributed by atoms with Gasteiger partial charge < -0.3 is 19.4 Å². The molecule has 0 unspecified atom stereocenters. The van der Waals surface area contributed by atoms with Gasteiger partial charge in [-0.1, -0.05) is 12.1 Å². The van der Waals surface area contributed by atoms with Crippen LogP contribution in [0.25, 0.3) is 10.9 Å². The van der Waals surface area contributed by atoms with Gasteiger partial charge in [0, 0.05) is 43.2 Å². The van der Waals surface area contributed by atoms with Crippen molar-refractivity contribution < 1.29 is 13.9 Å². The molecule has 4 aromatic rings. The number of H-pyrrole nitrogens is 1. The summed E-state index contributed by atoms with van der Waals surface area (Å²) < 4.78 is 27.2. The Morgan fingerprint density at radius 2 is 1.76 bits per heavy atom. The fourth-order valence-corrected chi connectivity index (χ4v) is 5.09. The number of rotatable bonds is 4. The van der Waals surface area contributed by atoms with Gasteiger partial charge in [0.25, 0.3) is 5.56 Å². The fourth-order valence-electron chi connectivity index (χ4n) is 5.09. The minimum atomic E-state index is -0.504. The van der Waals surface area contributed by atoms with Crippen LogP contribution in [0.15, 0.2) is 47.3 Å². The van der Waals surface area contributed by atoms with Gasteiger partial charge in [0.2, 0.25) is 6.79 Å². The molecule has 11 heteroatoms. The number of piperazine rings is 1. The van der Waals surface area contributed by atoms with Crippen LogP contribution in [-0.2, 0) is 5.54 Å². The van der Waals surface area contributed by atoms with Gasteiger partial charge in [0.1, 0.15) is 11.9 Å². The molecule has 1 N–H and O–H groups in total. The molecule has 2 aromatic carbocycles. The molecule has 192 valence electrons. The van der Waals surface area contributed by atoms with Crippen molar-refractivity contribution in [1.29, 1.82) is 0 Å². The van der Waals surface area contributed by atoms with E-state index in [1.54, 1.807) is 22.9 Å². The summed E-state index contributed by atoms with van der Waals surface area (Å²) in [4.78, 5) is 20.7. The van der Waals surface area contributed by atoms with E-state index in [4.69, 9.17) is 9.47 Å². The lowest BCUT2D eigenvalue weighted by Crippen LogP contribution is -2.49. The number of hydrogen-bond acceptors (Lipinski definition) is 8. The van der Waals surface area contributed by atoms with Crippen LogP contribution in [0.1, 0.15) is 38.2 Å². The lowest BCUT2D eigenvalue weighted by atomic mass is 10.0. The number of nitrogens with zero attached hydrogens (tertiary/aromatic N) is 6. The van der Waals surface area contributed by atoms with Crippen molar-refractivity contribution >= 4 is 16.6 Å². The normalized spacial score (nSPS) is 16.9. The molecule has 0 radical (unpaired) electrons. The molecular formula is C26H28FN7O3. The molecule has 2 aliphatic rings. The van der Waals surface area contributed by atoms with Crippen molar-refractivity contribution in [2.75, 3.05) is 37.9 Å². The quantitative estimate of drug-likeness (QED) is 0.452. The van der Waals surface area contributed by atoms with Crippen molar-refractivity contribution in [3.05, 3.63) is 70.0 Å². The molecule has 6 rings (SSSR count). The number of para-hydroxylation sites is 1. The fraction of sp³-hybridized carbons (Fsp3) is 0.385. The van der Waals surface area contributed by atoms with Gasteiger partial charge in [0.05, 0.1) is 16.7 Å². The molecule has 0 aliphatic carbocycles. The second-order valence-electron chi connectivity index (χ2n) is 10.3. The standard InChI is InChI=1S/C26H28FN7O3/c1-26(2,3)34-24(29-30-31-34)23(33-10-8-32(9-11-33)20-7-5-4-6-18(20)27)17-12-16-13-21-22(37-15-36-21)14-19(16)28-25(17)35/h4-7,12-14,23H,8-11,15H2,1-3H3,(H,28,35)/t23-/m1/s1. The number of pyridine rings is 1. The predicted octanol–water partition coefficient (Wildman–Crippen LogP) is 3.05. The maximum atomic E-state index is 14.4. The van der Waals surface area contributed by atoms with E-state index in [2.05, 4.69) is 25.4 Å². The van der Waals surface area contributed by atoms with Gasteiger partial charge in [0.15, 0.2) is 17.3 Å². The first-order valence-corrected chi connectivity index (χ1v) is 12.3. The first-order chi connectivity index (χ1) is 17.8. The summed E-state index contributed by atoms with van der Waals surface area (Å²) in [7, 11) is 0. The number of aromatic amines is 1. The SMILES string of the molecule is CC(C)(C)n1nnnc1[C@@H](c1cc2cc3c(cc2[nH]c1=O)OCO3)N1CCN(c2ccccc2F)CC1. The number of ether oxygens (including phenoxy) is 2. The van der Waals surface area contributed by atoms with Gasteiger partial charge in [-0.25, -0.2) is 9.07 Å². The average Bonchev–Trinajstić information content (AvgIpc) is 3.54. The van der Waals surface area contributed by atoms with Gasteiger partial charge in [-0.3, -0.25) is 9.69 Å². The van der Waals surface area contributed by atoms with E-state index in [1.807, 2.05) is 43.9 Å². The molecule has 0 amide bonds. The number of fused-ring (bicyclic) bond motifs is 2. The van der Waals surface area contributed by atoms with Crippen molar-refractivity contribution in [3.8, 4) is 11.5 Å². The molecular weight excluding hydrogens is 477 g/mol. The highest BCUT2D eigenvalue weighted by molar-refractivity contribution is 5.83. The van der Waals surface area contributed by atoms with Crippen molar-refractivity contribution in [1.82, 2.24) is 30.1 Å². The molecule has 1 fully saturated rings. The van der Waals surface area contributed by atoms with Crippen LogP contribution in [0.3, 0.4) is 0 Å². The molecule has 0 saturated carbocycles. The predicted molar refractivity (Wildman–Crippen MR) is 136 cm³/mol.